The molecule has 0 aromatic heterocycles. The van der Waals surface area contributed by atoms with Crippen LogP contribution in [0.15, 0.2) is 30.3 Å². The van der Waals surface area contributed by atoms with Crippen LogP contribution in [0.4, 0.5) is 0 Å². The van der Waals surface area contributed by atoms with Gasteiger partial charge in [0.05, 0.1) is 7.11 Å². The Morgan fingerprint density at radius 3 is 2.50 bits per heavy atom. The zero-order valence-electron chi connectivity index (χ0n) is 13.8. The molecular formula is C20H20O4. The molecule has 4 nitrogen and oxygen atoms in total. The van der Waals surface area contributed by atoms with Crippen LogP contribution >= 0.6 is 0 Å². The van der Waals surface area contributed by atoms with E-state index in [9.17, 15) is 4.79 Å². The number of carbonyl (C=O) groups is 1. The van der Waals surface area contributed by atoms with Gasteiger partial charge in [-0.05, 0) is 42.5 Å². The Hall–Kier alpha value is -2.49. The van der Waals surface area contributed by atoms with Crippen molar-refractivity contribution in [3.63, 3.8) is 0 Å². The first-order valence-electron chi connectivity index (χ1n) is 8.41. The summed E-state index contributed by atoms with van der Waals surface area (Å²) in [7, 11) is 1.63. The van der Waals surface area contributed by atoms with Gasteiger partial charge in [0.15, 0.2) is 17.3 Å². The van der Waals surface area contributed by atoms with Gasteiger partial charge in [0.2, 0.25) is 5.75 Å². The molecule has 1 aliphatic heterocycles. The molecule has 1 aliphatic carbocycles. The summed E-state index contributed by atoms with van der Waals surface area (Å²) in [6, 6.07) is 9.98. The molecule has 0 bridgehead atoms. The van der Waals surface area contributed by atoms with Crippen LogP contribution in [0, 0.1) is 0 Å². The molecular weight excluding hydrogens is 304 g/mol. The summed E-state index contributed by atoms with van der Waals surface area (Å²) in [5.74, 6) is 2.32. The minimum atomic E-state index is 0.255. The predicted molar refractivity (Wildman–Crippen MR) is 91.3 cm³/mol. The fourth-order valence-corrected chi connectivity index (χ4v) is 3.48. The third-order valence-corrected chi connectivity index (χ3v) is 4.69. The Bertz CT molecular complexity index is 794. The third-order valence-electron chi connectivity index (χ3n) is 4.69. The summed E-state index contributed by atoms with van der Waals surface area (Å²) < 4.78 is 17.0. The molecule has 0 atom stereocenters. The normalized spacial score (nSPS) is 16.3. The highest BCUT2D eigenvalue weighted by atomic mass is 16.6. The summed E-state index contributed by atoms with van der Waals surface area (Å²) in [6.45, 7) is 1.04. The van der Waals surface area contributed by atoms with Crippen LogP contribution in [0.3, 0.4) is 0 Å². The van der Waals surface area contributed by atoms with E-state index in [4.69, 9.17) is 14.2 Å². The maximum absolute atomic E-state index is 12.2. The minimum absolute atomic E-state index is 0.255. The number of Topliss-reactive ketones (excluding diaryl/α,β-unsaturated/α-hetero) is 1. The van der Waals surface area contributed by atoms with Gasteiger partial charge >= 0.3 is 0 Å². The van der Waals surface area contributed by atoms with Crippen molar-refractivity contribution < 1.29 is 19.0 Å². The Morgan fingerprint density at radius 2 is 1.67 bits per heavy atom. The molecule has 0 amide bonds. The predicted octanol–water partition coefficient (Wildman–Crippen LogP) is 4.04. The van der Waals surface area contributed by atoms with Gasteiger partial charge in [0, 0.05) is 17.5 Å². The summed E-state index contributed by atoms with van der Waals surface area (Å²) in [6.07, 6.45) is 3.63. The van der Waals surface area contributed by atoms with Crippen LogP contribution in [0.1, 0.15) is 35.2 Å². The largest absolute Gasteiger partial charge is 0.493 e. The van der Waals surface area contributed by atoms with Gasteiger partial charge in [0.1, 0.15) is 13.2 Å². The van der Waals surface area contributed by atoms with Crippen molar-refractivity contribution in [2.45, 2.75) is 25.7 Å². The lowest BCUT2D eigenvalue weighted by molar-refractivity contribution is 0.0982. The number of rotatable bonds is 2. The minimum Gasteiger partial charge on any atom is -0.493 e. The number of hydrogen-bond acceptors (Lipinski definition) is 4. The van der Waals surface area contributed by atoms with Gasteiger partial charge in [-0.1, -0.05) is 18.2 Å². The zero-order valence-corrected chi connectivity index (χ0v) is 13.8. The second kappa shape index (κ2) is 6.19. The number of fused-ring (bicyclic) bond motifs is 2. The number of aryl methyl sites for hydroxylation is 1. The first-order chi connectivity index (χ1) is 11.8. The number of benzene rings is 2. The van der Waals surface area contributed by atoms with Crippen molar-refractivity contribution in [2.24, 2.45) is 0 Å². The maximum Gasteiger partial charge on any atom is 0.204 e. The number of hydrogen-bond donors (Lipinski definition) is 0. The van der Waals surface area contributed by atoms with E-state index in [1.165, 1.54) is 0 Å². The highest BCUT2D eigenvalue weighted by Gasteiger charge is 2.23. The molecule has 2 aliphatic rings. The van der Waals surface area contributed by atoms with E-state index in [0.717, 1.165) is 47.3 Å². The molecule has 0 radical (unpaired) electrons. The highest BCUT2D eigenvalue weighted by Crippen LogP contribution is 2.46. The lowest BCUT2D eigenvalue weighted by Crippen LogP contribution is -2.16. The zero-order chi connectivity index (χ0) is 16.5. The molecule has 0 saturated heterocycles. The SMILES string of the molecule is COc1ccc(-c2ccc3c(c2)CCCCC3=O)c2c1OCCO2. The molecule has 24 heavy (non-hydrogen) atoms. The molecule has 0 unspecified atom stereocenters. The third kappa shape index (κ3) is 2.52. The fourth-order valence-electron chi connectivity index (χ4n) is 3.48. The first kappa shape index (κ1) is 15.1. The van der Waals surface area contributed by atoms with Gasteiger partial charge < -0.3 is 14.2 Å². The van der Waals surface area contributed by atoms with E-state index in [0.29, 0.717) is 31.1 Å². The topological polar surface area (TPSA) is 44.8 Å². The number of ether oxygens (including phenoxy) is 3. The molecule has 0 spiro atoms. The second-order valence-electron chi connectivity index (χ2n) is 6.17. The second-order valence-corrected chi connectivity index (χ2v) is 6.17. The lowest BCUT2D eigenvalue weighted by Gasteiger charge is -2.23. The number of carbonyl (C=O) groups excluding carboxylic acids is 1. The van der Waals surface area contributed by atoms with E-state index in [-0.39, 0.29) is 5.78 Å². The van der Waals surface area contributed by atoms with E-state index in [1.54, 1.807) is 7.11 Å². The number of ketones is 1. The Balaban J connectivity index is 1.82. The molecule has 4 rings (SSSR count). The van der Waals surface area contributed by atoms with Gasteiger partial charge in [0.25, 0.3) is 0 Å². The average molecular weight is 324 g/mol. The molecule has 0 N–H and O–H groups in total. The molecule has 0 saturated carbocycles. The molecule has 124 valence electrons. The lowest BCUT2D eigenvalue weighted by atomic mass is 9.95. The van der Waals surface area contributed by atoms with Crippen molar-refractivity contribution >= 4 is 5.78 Å². The standard InChI is InChI=1S/C20H20O4/c1-22-18-9-8-16(19-20(18)24-11-10-23-19)14-6-7-15-13(12-14)4-2-3-5-17(15)21/h6-9,12H,2-5,10-11H2,1H3. The fraction of sp³-hybridized carbons (Fsp3) is 0.350. The monoisotopic (exact) mass is 324 g/mol. The van der Waals surface area contributed by atoms with Gasteiger partial charge in [-0.15, -0.1) is 0 Å². The van der Waals surface area contributed by atoms with Crippen LogP contribution in [0.25, 0.3) is 11.1 Å². The molecule has 2 aromatic rings. The summed E-state index contributed by atoms with van der Waals surface area (Å²) in [5.41, 5.74) is 4.03. The van der Waals surface area contributed by atoms with Gasteiger partial charge in [-0.2, -0.15) is 0 Å². The summed E-state index contributed by atoms with van der Waals surface area (Å²) in [5, 5.41) is 0. The molecule has 0 fully saturated rings. The van der Waals surface area contributed by atoms with E-state index < -0.39 is 0 Å². The van der Waals surface area contributed by atoms with E-state index in [1.807, 2.05) is 24.3 Å². The summed E-state index contributed by atoms with van der Waals surface area (Å²) in [4.78, 5) is 12.2. The van der Waals surface area contributed by atoms with Crippen LogP contribution in [-0.2, 0) is 6.42 Å². The van der Waals surface area contributed by atoms with Crippen molar-refractivity contribution in [2.75, 3.05) is 20.3 Å². The Kier molecular flexibility index (Phi) is 3.89. The maximum atomic E-state index is 12.2. The van der Waals surface area contributed by atoms with Crippen LogP contribution in [-0.4, -0.2) is 26.1 Å². The smallest absolute Gasteiger partial charge is 0.204 e. The van der Waals surface area contributed by atoms with E-state index in [2.05, 4.69) is 6.07 Å². The van der Waals surface area contributed by atoms with Gasteiger partial charge in [-0.25, -0.2) is 0 Å². The quantitative estimate of drug-likeness (QED) is 0.782. The van der Waals surface area contributed by atoms with E-state index >= 15 is 0 Å². The molecule has 4 heteroatoms. The van der Waals surface area contributed by atoms with Crippen molar-refractivity contribution in [3.8, 4) is 28.4 Å². The average Bonchev–Trinajstić information content (AvgIpc) is 2.82. The Morgan fingerprint density at radius 1 is 0.917 bits per heavy atom. The van der Waals surface area contributed by atoms with Crippen LogP contribution in [0.2, 0.25) is 0 Å². The van der Waals surface area contributed by atoms with Crippen molar-refractivity contribution in [1.82, 2.24) is 0 Å². The summed E-state index contributed by atoms with van der Waals surface area (Å²) >= 11 is 0. The Labute approximate surface area is 141 Å². The van der Waals surface area contributed by atoms with Crippen molar-refractivity contribution in [1.29, 1.82) is 0 Å². The number of methoxy groups -OCH3 is 1. The van der Waals surface area contributed by atoms with Crippen LogP contribution < -0.4 is 14.2 Å². The first-order valence-corrected chi connectivity index (χ1v) is 8.41. The highest BCUT2D eigenvalue weighted by molar-refractivity contribution is 5.98. The van der Waals surface area contributed by atoms with Gasteiger partial charge in [-0.3, -0.25) is 4.79 Å². The molecule has 1 heterocycles. The molecule has 2 aromatic carbocycles. The van der Waals surface area contributed by atoms with Crippen molar-refractivity contribution in [3.05, 3.63) is 41.5 Å². The van der Waals surface area contributed by atoms with Crippen LogP contribution in [0.5, 0.6) is 17.2 Å².